The van der Waals surface area contributed by atoms with Gasteiger partial charge in [0.2, 0.25) is 0 Å². The van der Waals surface area contributed by atoms with E-state index in [-0.39, 0.29) is 12.1 Å². The Hall–Kier alpha value is -1.43. The zero-order valence-corrected chi connectivity index (χ0v) is 13.6. The molecule has 2 atom stereocenters. The maximum absolute atomic E-state index is 12.3. The molecule has 21 heavy (non-hydrogen) atoms. The number of carbonyl (C=O) groups is 1. The van der Waals surface area contributed by atoms with E-state index in [4.69, 9.17) is 4.74 Å². The van der Waals surface area contributed by atoms with Gasteiger partial charge in [-0.15, -0.1) is 0 Å². The summed E-state index contributed by atoms with van der Waals surface area (Å²) < 4.78 is 17.7. The maximum atomic E-state index is 12.3. The van der Waals surface area contributed by atoms with E-state index < -0.39 is 16.4 Å². The van der Waals surface area contributed by atoms with Crippen molar-refractivity contribution in [2.45, 2.75) is 50.3 Å². The Morgan fingerprint density at radius 2 is 2.24 bits per heavy atom. The highest BCUT2D eigenvalue weighted by Gasteiger charge is 2.33. The quantitative estimate of drug-likeness (QED) is 0.861. The average Bonchev–Trinajstić information content (AvgIpc) is 2.86. The highest BCUT2D eigenvalue weighted by atomic mass is 32.2. The smallest absolute Gasteiger partial charge is 0.410 e. The Bertz CT molecular complexity index is 513. The molecule has 0 aromatic carbocycles. The molecular weight excluding hydrogens is 288 g/mol. The van der Waals surface area contributed by atoms with Gasteiger partial charge in [-0.1, -0.05) is 6.07 Å². The van der Waals surface area contributed by atoms with E-state index in [0.717, 1.165) is 12.8 Å². The first-order valence-electron chi connectivity index (χ1n) is 7.16. The molecular formula is C15H22N2O3S. The fourth-order valence-corrected chi connectivity index (χ4v) is 3.59. The molecule has 0 radical (unpaired) electrons. The Balaban J connectivity index is 1.99. The van der Waals surface area contributed by atoms with Crippen molar-refractivity contribution in [3.63, 3.8) is 0 Å². The number of hydrogen-bond donors (Lipinski definition) is 0. The topological polar surface area (TPSA) is 59.5 Å². The first-order chi connectivity index (χ1) is 9.87. The minimum atomic E-state index is -1.19. The van der Waals surface area contributed by atoms with Gasteiger partial charge in [-0.2, -0.15) is 0 Å². The summed E-state index contributed by atoms with van der Waals surface area (Å²) in [5.74, 6) is 0.413. The predicted molar refractivity (Wildman–Crippen MR) is 81.5 cm³/mol. The molecule has 0 spiro atoms. The molecule has 1 aliphatic heterocycles. The van der Waals surface area contributed by atoms with Crippen LogP contribution in [-0.2, 0) is 15.5 Å². The van der Waals surface area contributed by atoms with Crippen molar-refractivity contribution < 1.29 is 13.7 Å². The van der Waals surface area contributed by atoms with E-state index in [2.05, 4.69) is 4.98 Å². The van der Waals surface area contributed by atoms with Gasteiger partial charge in [-0.05, 0) is 45.7 Å². The molecule has 0 saturated carbocycles. The molecule has 0 aliphatic carbocycles. The van der Waals surface area contributed by atoms with Crippen LogP contribution in [0.15, 0.2) is 29.4 Å². The van der Waals surface area contributed by atoms with Crippen LogP contribution in [0.5, 0.6) is 0 Å². The van der Waals surface area contributed by atoms with Crippen LogP contribution in [-0.4, -0.2) is 44.1 Å². The molecule has 1 aliphatic rings. The Morgan fingerprint density at radius 3 is 2.86 bits per heavy atom. The molecule has 2 rings (SSSR count). The lowest BCUT2D eigenvalue weighted by molar-refractivity contribution is 0.0241. The molecule has 2 heterocycles. The highest BCUT2D eigenvalue weighted by Crippen LogP contribution is 2.22. The molecule has 116 valence electrons. The normalized spacial score (nSPS) is 20.3. The van der Waals surface area contributed by atoms with Gasteiger partial charge < -0.3 is 9.64 Å². The summed E-state index contributed by atoms with van der Waals surface area (Å²) in [6.07, 6.45) is 3.09. The van der Waals surface area contributed by atoms with Crippen LogP contribution in [0.2, 0.25) is 0 Å². The van der Waals surface area contributed by atoms with Crippen molar-refractivity contribution >= 4 is 16.9 Å². The third-order valence-corrected chi connectivity index (χ3v) is 4.62. The lowest BCUT2D eigenvalue weighted by Gasteiger charge is -2.28. The van der Waals surface area contributed by atoms with Crippen molar-refractivity contribution in [3.8, 4) is 0 Å². The number of aromatic nitrogens is 1. The number of likely N-dealkylation sites (tertiary alicyclic amines) is 1. The van der Waals surface area contributed by atoms with E-state index in [1.54, 1.807) is 23.2 Å². The van der Waals surface area contributed by atoms with Crippen LogP contribution in [0.3, 0.4) is 0 Å². The number of nitrogens with zero attached hydrogens (tertiary/aromatic N) is 2. The van der Waals surface area contributed by atoms with Crippen molar-refractivity contribution in [2.24, 2.45) is 0 Å². The van der Waals surface area contributed by atoms with Gasteiger partial charge in [-0.25, -0.2) is 9.78 Å². The summed E-state index contributed by atoms with van der Waals surface area (Å²) in [5.41, 5.74) is -0.510. The van der Waals surface area contributed by atoms with Gasteiger partial charge in [0.1, 0.15) is 10.6 Å². The molecule has 0 bridgehead atoms. The van der Waals surface area contributed by atoms with Gasteiger partial charge in [0.05, 0.1) is 16.6 Å². The Kier molecular flexibility index (Phi) is 4.98. The lowest BCUT2D eigenvalue weighted by atomic mass is 10.2. The van der Waals surface area contributed by atoms with Gasteiger partial charge in [-0.3, -0.25) is 4.21 Å². The van der Waals surface area contributed by atoms with Gasteiger partial charge >= 0.3 is 6.09 Å². The molecule has 6 heteroatoms. The summed E-state index contributed by atoms with van der Waals surface area (Å²) in [5, 5.41) is 0.563. The van der Waals surface area contributed by atoms with Crippen LogP contribution < -0.4 is 0 Å². The predicted octanol–water partition coefficient (Wildman–Crippen LogP) is 2.59. The second-order valence-corrected chi connectivity index (χ2v) is 7.59. The summed E-state index contributed by atoms with van der Waals surface area (Å²) >= 11 is 0. The van der Waals surface area contributed by atoms with Crippen molar-refractivity contribution in [3.05, 3.63) is 24.4 Å². The molecule has 1 aromatic heterocycles. The van der Waals surface area contributed by atoms with Gasteiger partial charge in [0.25, 0.3) is 0 Å². The Morgan fingerprint density at radius 1 is 1.48 bits per heavy atom. The lowest BCUT2D eigenvalue weighted by Crippen LogP contribution is -2.42. The van der Waals surface area contributed by atoms with E-state index in [9.17, 15) is 9.00 Å². The van der Waals surface area contributed by atoms with E-state index in [1.807, 2.05) is 26.8 Å². The second-order valence-electron chi connectivity index (χ2n) is 6.15. The number of rotatable bonds is 3. The number of ether oxygens (including phenoxy) is 1. The third kappa shape index (κ3) is 4.52. The molecule has 0 unspecified atom stereocenters. The second kappa shape index (κ2) is 6.56. The number of amides is 1. The minimum absolute atomic E-state index is 0.0392. The summed E-state index contributed by atoms with van der Waals surface area (Å²) in [4.78, 5) is 18.0. The maximum Gasteiger partial charge on any atom is 0.410 e. The van der Waals surface area contributed by atoms with Gasteiger partial charge in [0.15, 0.2) is 0 Å². The minimum Gasteiger partial charge on any atom is -0.444 e. The van der Waals surface area contributed by atoms with E-state index in [0.29, 0.717) is 17.3 Å². The Labute approximate surface area is 128 Å². The van der Waals surface area contributed by atoms with Crippen molar-refractivity contribution in [1.29, 1.82) is 0 Å². The third-order valence-electron chi connectivity index (χ3n) is 3.22. The first-order valence-corrected chi connectivity index (χ1v) is 8.48. The largest absolute Gasteiger partial charge is 0.444 e. The van der Waals surface area contributed by atoms with Crippen molar-refractivity contribution in [1.82, 2.24) is 9.88 Å². The van der Waals surface area contributed by atoms with E-state index in [1.165, 1.54) is 0 Å². The average molecular weight is 310 g/mol. The number of carbonyl (C=O) groups excluding carboxylic acids is 1. The van der Waals surface area contributed by atoms with E-state index >= 15 is 0 Å². The molecule has 5 nitrogen and oxygen atoms in total. The SMILES string of the molecule is CC(C)(C)OC(=O)N1CCC[C@H]1C[S@@](=O)c1ccccn1. The van der Waals surface area contributed by atoms with Gasteiger partial charge in [0, 0.05) is 18.8 Å². The summed E-state index contributed by atoms with van der Waals surface area (Å²) in [7, 11) is -1.19. The highest BCUT2D eigenvalue weighted by molar-refractivity contribution is 7.85. The zero-order chi connectivity index (χ0) is 15.5. The van der Waals surface area contributed by atoms with Crippen LogP contribution in [0.1, 0.15) is 33.6 Å². The van der Waals surface area contributed by atoms with Crippen LogP contribution >= 0.6 is 0 Å². The van der Waals surface area contributed by atoms with Crippen molar-refractivity contribution in [2.75, 3.05) is 12.3 Å². The molecule has 1 saturated heterocycles. The zero-order valence-electron chi connectivity index (χ0n) is 12.7. The molecule has 0 N–H and O–H groups in total. The fourth-order valence-electron chi connectivity index (χ4n) is 2.31. The fraction of sp³-hybridized carbons (Fsp3) is 0.600. The number of hydrogen-bond acceptors (Lipinski definition) is 4. The molecule has 1 aromatic rings. The molecule has 1 fully saturated rings. The standard InChI is InChI=1S/C15H22N2O3S/c1-15(2,3)20-14(18)17-10-6-7-12(17)11-21(19)13-8-4-5-9-16-13/h4-5,8-9,12H,6-7,10-11H2,1-3H3/t12-,21+/m0/s1. The monoisotopic (exact) mass is 310 g/mol. The number of pyridine rings is 1. The summed E-state index contributed by atoms with van der Waals surface area (Å²) in [6.45, 7) is 6.21. The summed E-state index contributed by atoms with van der Waals surface area (Å²) in [6, 6.07) is 5.33. The van der Waals surface area contributed by atoms with Crippen LogP contribution in [0, 0.1) is 0 Å². The van der Waals surface area contributed by atoms with Crippen LogP contribution in [0.25, 0.3) is 0 Å². The van der Waals surface area contributed by atoms with Crippen LogP contribution in [0.4, 0.5) is 4.79 Å². The first kappa shape index (κ1) is 15.9. The molecule has 1 amide bonds.